The van der Waals surface area contributed by atoms with Gasteiger partial charge in [0.15, 0.2) is 0 Å². The van der Waals surface area contributed by atoms with Crippen LogP contribution in [0.5, 0.6) is 0 Å². The summed E-state index contributed by atoms with van der Waals surface area (Å²) in [4.78, 5) is 29.5. The van der Waals surface area contributed by atoms with Crippen molar-refractivity contribution in [1.82, 2.24) is 9.47 Å². The highest BCUT2D eigenvalue weighted by Gasteiger charge is 2.27. The van der Waals surface area contributed by atoms with Crippen LogP contribution in [0, 0.1) is 5.82 Å². The van der Waals surface area contributed by atoms with Crippen LogP contribution in [-0.2, 0) is 16.1 Å². The van der Waals surface area contributed by atoms with E-state index < -0.39 is 11.8 Å². The fourth-order valence-electron chi connectivity index (χ4n) is 4.39. The molecule has 1 aliphatic heterocycles. The normalized spacial score (nSPS) is 13.8. The summed E-state index contributed by atoms with van der Waals surface area (Å²) in [5.74, 6) is -1.45. The lowest BCUT2D eigenvalue weighted by atomic mass is 10.2. The highest BCUT2D eigenvalue weighted by molar-refractivity contribution is 6.40. The third kappa shape index (κ3) is 4.50. The zero-order valence-electron chi connectivity index (χ0n) is 18.7. The molecule has 34 heavy (non-hydrogen) atoms. The number of amides is 2. The van der Waals surface area contributed by atoms with Crippen molar-refractivity contribution in [3.63, 3.8) is 0 Å². The highest BCUT2D eigenvalue weighted by atomic mass is 19.1. The monoisotopic (exact) mass is 456 g/mol. The largest absolute Gasteiger partial charge is 0.368 e. The van der Waals surface area contributed by atoms with Gasteiger partial charge in [-0.15, -0.1) is 0 Å². The first-order chi connectivity index (χ1) is 16.6. The summed E-state index contributed by atoms with van der Waals surface area (Å²) in [5, 5.41) is 3.66. The number of carbonyl (C=O) groups is 2. The maximum Gasteiger partial charge on any atom is 0.313 e. The number of benzene rings is 3. The van der Waals surface area contributed by atoms with Crippen LogP contribution < -0.4 is 10.2 Å². The Balaban J connectivity index is 1.28. The Morgan fingerprint density at radius 1 is 0.824 bits per heavy atom. The molecule has 1 aliphatic rings. The van der Waals surface area contributed by atoms with Gasteiger partial charge in [-0.05, 0) is 35.9 Å². The van der Waals surface area contributed by atoms with Crippen molar-refractivity contribution < 1.29 is 14.0 Å². The number of aromatic nitrogens is 1. The second-order valence-electron chi connectivity index (χ2n) is 8.38. The molecule has 1 fully saturated rings. The molecule has 1 aromatic heterocycles. The van der Waals surface area contributed by atoms with Gasteiger partial charge >= 0.3 is 11.8 Å². The number of piperazine rings is 1. The second kappa shape index (κ2) is 9.39. The van der Waals surface area contributed by atoms with E-state index in [1.54, 1.807) is 17.0 Å². The maximum atomic E-state index is 13.3. The van der Waals surface area contributed by atoms with Gasteiger partial charge in [-0.25, -0.2) is 4.39 Å². The molecule has 0 unspecified atom stereocenters. The van der Waals surface area contributed by atoms with E-state index in [0.717, 1.165) is 22.2 Å². The Bertz CT molecular complexity index is 1310. The van der Waals surface area contributed by atoms with Gasteiger partial charge in [0.1, 0.15) is 5.82 Å². The van der Waals surface area contributed by atoms with Gasteiger partial charge < -0.3 is 19.7 Å². The molecule has 3 aromatic carbocycles. The molecule has 0 spiro atoms. The van der Waals surface area contributed by atoms with E-state index in [0.29, 0.717) is 38.4 Å². The third-order valence-electron chi connectivity index (χ3n) is 6.19. The quantitative estimate of drug-likeness (QED) is 0.470. The minimum Gasteiger partial charge on any atom is -0.368 e. The Morgan fingerprint density at radius 3 is 2.24 bits per heavy atom. The van der Waals surface area contributed by atoms with Crippen LogP contribution in [0.2, 0.25) is 0 Å². The molecule has 4 aromatic rings. The Morgan fingerprint density at radius 2 is 1.50 bits per heavy atom. The van der Waals surface area contributed by atoms with E-state index in [2.05, 4.69) is 10.2 Å². The van der Waals surface area contributed by atoms with Crippen molar-refractivity contribution >= 4 is 34.1 Å². The van der Waals surface area contributed by atoms with Gasteiger partial charge in [0, 0.05) is 50.0 Å². The van der Waals surface area contributed by atoms with Crippen molar-refractivity contribution in [2.75, 3.05) is 36.4 Å². The Kier molecular flexibility index (Phi) is 5.99. The average molecular weight is 457 g/mol. The van der Waals surface area contributed by atoms with Gasteiger partial charge in [0.25, 0.3) is 0 Å². The topological polar surface area (TPSA) is 57.6 Å². The van der Waals surface area contributed by atoms with E-state index in [-0.39, 0.29) is 5.82 Å². The fraction of sp³-hybridized carbons (Fsp3) is 0.185. The van der Waals surface area contributed by atoms with Crippen molar-refractivity contribution in [2.24, 2.45) is 0 Å². The number of anilines is 2. The number of fused-ring (bicyclic) bond motifs is 1. The van der Waals surface area contributed by atoms with Crippen LogP contribution in [0.15, 0.2) is 85.1 Å². The van der Waals surface area contributed by atoms with Crippen molar-refractivity contribution in [2.45, 2.75) is 6.54 Å². The van der Waals surface area contributed by atoms with E-state index in [1.165, 1.54) is 12.1 Å². The summed E-state index contributed by atoms with van der Waals surface area (Å²) in [6.07, 6.45) is 1.83. The molecule has 6 nitrogen and oxygen atoms in total. The molecule has 0 aliphatic carbocycles. The molecule has 0 saturated carbocycles. The van der Waals surface area contributed by atoms with Crippen LogP contribution >= 0.6 is 0 Å². The van der Waals surface area contributed by atoms with Crippen LogP contribution in [0.3, 0.4) is 0 Å². The summed E-state index contributed by atoms with van der Waals surface area (Å²) in [6, 6.07) is 24.1. The number of carbonyl (C=O) groups excluding carboxylic acids is 2. The lowest BCUT2D eigenvalue weighted by Crippen LogP contribution is -2.51. The maximum absolute atomic E-state index is 13.3. The van der Waals surface area contributed by atoms with E-state index in [4.69, 9.17) is 0 Å². The summed E-state index contributed by atoms with van der Waals surface area (Å²) in [5.41, 5.74) is 3.56. The molecule has 0 bridgehead atoms. The number of nitrogens with one attached hydrogen (secondary N) is 1. The van der Waals surface area contributed by atoms with Gasteiger partial charge in [-0.1, -0.05) is 48.5 Å². The van der Waals surface area contributed by atoms with E-state index in [1.807, 2.05) is 65.4 Å². The molecule has 2 heterocycles. The summed E-state index contributed by atoms with van der Waals surface area (Å²) in [6.45, 7) is 2.87. The average Bonchev–Trinajstić information content (AvgIpc) is 3.22. The van der Waals surface area contributed by atoms with Gasteiger partial charge in [-0.3, -0.25) is 9.59 Å². The molecule has 172 valence electrons. The number of rotatable bonds is 4. The van der Waals surface area contributed by atoms with E-state index in [9.17, 15) is 14.0 Å². The molecule has 1 N–H and O–H groups in total. The predicted molar refractivity (Wildman–Crippen MR) is 131 cm³/mol. The predicted octanol–water partition coefficient (Wildman–Crippen LogP) is 4.12. The van der Waals surface area contributed by atoms with Crippen molar-refractivity contribution in [1.29, 1.82) is 0 Å². The van der Waals surface area contributed by atoms with Crippen LogP contribution in [0.1, 0.15) is 5.56 Å². The lowest BCUT2D eigenvalue weighted by Gasteiger charge is -2.35. The number of nitrogens with zero attached hydrogens (tertiary/aromatic N) is 3. The first kappa shape index (κ1) is 21.7. The molecule has 1 saturated heterocycles. The standard InChI is InChI=1S/C27H25FN4O2/c28-21-12-10-20(11-13-21)18-32-19-24(23-8-4-5-9-25(23)32)29-26(33)27(34)31-16-14-30(15-17-31)22-6-2-1-3-7-22/h1-13,19H,14-18H2,(H,29,33). The van der Waals surface area contributed by atoms with Crippen molar-refractivity contribution in [3.05, 3.63) is 96.4 Å². The van der Waals surface area contributed by atoms with E-state index >= 15 is 0 Å². The van der Waals surface area contributed by atoms with Gasteiger partial charge in [0.2, 0.25) is 0 Å². The first-order valence-electron chi connectivity index (χ1n) is 11.3. The third-order valence-corrected chi connectivity index (χ3v) is 6.19. The number of hydrogen-bond donors (Lipinski definition) is 1. The molecule has 5 rings (SSSR count). The number of para-hydroxylation sites is 2. The number of halogens is 1. The van der Waals surface area contributed by atoms with Crippen LogP contribution in [0.4, 0.5) is 15.8 Å². The minimum absolute atomic E-state index is 0.280. The van der Waals surface area contributed by atoms with Crippen LogP contribution in [0.25, 0.3) is 10.9 Å². The summed E-state index contributed by atoms with van der Waals surface area (Å²) in [7, 11) is 0. The molecule has 2 amide bonds. The fourth-order valence-corrected chi connectivity index (χ4v) is 4.39. The smallest absolute Gasteiger partial charge is 0.313 e. The summed E-state index contributed by atoms with van der Waals surface area (Å²) < 4.78 is 15.3. The summed E-state index contributed by atoms with van der Waals surface area (Å²) >= 11 is 0. The zero-order valence-corrected chi connectivity index (χ0v) is 18.7. The SMILES string of the molecule is O=C(Nc1cn(Cc2ccc(F)cc2)c2ccccc12)C(=O)N1CCN(c2ccccc2)CC1. The lowest BCUT2D eigenvalue weighted by molar-refractivity contribution is -0.143. The van der Waals surface area contributed by atoms with Gasteiger partial charge in [-0.2, -0.15) is 0 Å². The first-order valence-corrected chi connectivity index (χ1v) is 11.3. The Labute approximate surface area is 197 Å². The molecule has 7 heteroatoms. The zero-order chi connectivity index (χ0) is 23.5. The molecular formula is C27H25FN4O2. The number of hydrogen-bond acceptors (Lipinski definition) is 3. The molecular weight excluding hydrogens is 431 g/mol. The Hall–Kier alpha value is -4.13. The van der Waals surface area contributed by atoms with Crippen LogP contribution in [-0.4, -0.2) is 47.5 Å². The van der Waals surface area contributed by atoms with Crippen molar-refractivity contribution in [3.8, 4) is 0 Å². The second-order valence-corrected chi connectivity index (χ2v) is 8.38. The molecule has 0 radical (unpaired) electrons. The highest BCUT2D eigenvalue weighted by Crippen LogP contribution is 2.27. The minimum atomic E-state index is -0.641. The van der Waals surface area contributed by atoms with Gasteiger partial charge in [0.05, 0.1) is 11.2 Å². The molecule has 0 atom stereocenters.